The van der Waals surface area contributed by atoms with Crippen molar-refractivity contribution < 1.29 is 56.9 Å². The van der Waals surface area contributed by atoms with Crippen LogP contribution in [-0.4, -0.2) is 74.8 Å². The highest BCUT2D eigenvalue weighted by Gasteiger charge is 2.13. The molecule has 5 heteroatoms. The Morgan fingerprint density at radius 2 is 1.00 bits per heavy atom. The Morgan fingerprint density at radius 1 is 0.706 bits per heavy atom. The number of hydrogen-bond donors (Lipinski definition) is 0. The van der Waals surface area contributed by atoms with Gasteiger partial charge in [0.25, 0.3) is 0 Å². The van der Waals surface area contributed by atoms with Crippen molar-refractivity contribution in [1.82, 2.24) is 0 Å². The lowest BCUT2D eigenvalue weighted by Crippen LogP contribution is -3.00. The van der Waals surface area contributed by atoms with Crippen LogP contribution in [0, 0.1) is 0 Å². The molecule has 108 valence electrons. The van der Waals surface area contributed by atoms with Gasteiger partial charge < -0.3 is 56.9 Å². The van der Waals surface area contributed by atoms with Gasteiger partial charge >= 0.3 is 0 Å². The molecule has 0 N–H and O–H groups in total. The highest BCUT2D eigenvalue weighted by atomic mass is 127. The Kier molecular flexibility index (Phi) is 16.2. The van der Waals surface area contributed by atoms with Crippen molar-refractivity contribution in [1.29, 1.82) is 0 Å². The van der Waals surface area contributed by atoms with Crippen molar-refractivity contribution in [3.05, 3.63) is 0 Å². The van der Waals surface area contributed by atoms with Crippen molar-refractivity contribution >= 4 is 11.8 Å². The van der Waals surface area contributed by atoms with Gasteiger partial charge in [-0.2, -0.15) is 11.8 Å². The molecule has 0 heterocycles. The lowest BCUT2D eigenvalue weighted by molar-refractivity contribution is -0.886. The van der Waals surface area contributed by atoms with Gasteiger partial charge in [-0.3, -0.25) is 0 Å². The van der Waals surface area contributed by atoms with E-state index in [0.29, 0.717) is 0 Å². The molecule has 0 aliphatic heterocycles. The normalized spacial score (nSPS) is 11.6. The molecular weight excluding hydrogens is 458 g/mol. The molecule has 0 aromatic rings. The van der Waals surface area contributed by atoms with E-state index in [4.69, 9.17) is 0 Å². The van der Waals surface area contributed by atoms with E-state index < -0.39 is 0 Å². The summed E-state index contributed by atoms with van der Waals surface area (Å²) in [6.45, 7) is 9.58. The van der Waals surface area contributed by atoms with Crippen LogP contribution in [0.2, 0.25) is 0 Å². The van der Waals surface area contributed by atoms with E-state index in [1.54, 1.807) is 0 Å². The summed E-state index contributed by atoms with van der Waals surface area (Å²) >= 11 is 2.11. The van der Waals surface area contributed by atoms with E-state index in [1.165, 1.54) is 37.7 Å². The van der Waals surface area contributed by atoms with Crippen LogP contribution in [0.1, 0.15) is 13.8 Å². The summed E-state index contributed by atoms with van der Waals surface area (Å²) < 4.78 is 2.30. The van der Waals surface area contributed by atoms with Crippen LogP contribution in [0.3, 0.4) is 0 Å². The lowest BCUT2D eigenvalue weighted by Gasteiger charge is -2.29. The van der Waals surface area contributed by atoms with Crippen LogP contribution >= 0.6 is 11.8 Å². The number of nitrogens with zero attached hydrogens (tertiary/aromatic N) is 2. The van der Waals surface area contributed by atoms with Gasteiger partial charge in [0.15, 0.2) is 0 Å². The summed E-state index contributed by atoms with van der Waals surface area (Å²) in [5.74, 6) is 2.59. The maximum atomic E-state index is 2.31. The molecule has 0 amide bonds. The molecule has 0 saturated carbocycles. The molecule has 17 heavy (non-hydrogen) atoms. The van der Waals surface area contributed by atoms with Gasteiger partial charge in [-0.1, -0.05) is 0 Å². The van der Waals surface area contributed by atoms with Gasteiger partial charge in [0.05, 0.1) is 54.4 Å². The second-order valence-electron chi connectivity index (χ2n) is 5.56. The van der Waals surface area contributed by atoms with E-state index in [-0.39, 0.29) is 48.0 Å². The third-order valence-electron chi connectivity index (χ3n) is 3.39. The average Bonchev–Trinajstić information content (AvgIpc) is 2.17. The quantitative estimate of drug-likeness (QED) is 0.191. The minimum Gasteiger partial charge on any atom is -1.00 e. The number of rotatable bonds is 8. The average molecular weight is 488 g/mol. The van der Waals surface area contributed by atoms with Crippen molar-refractivity contribution in [3.8, 4) is 0 Å². The maximum Gasteiger partial charge on any atom is 0.0874 e. The van der Waals surface area contributed by atoms with Crippen LogP contribution in [0.5, 0.6) is 0 Å². The molecule has 0 aliphatic carbocycles. The number of thioether (sulfide) groups is 1. The molecule has 0 rings (SSSR count). The zero-order valence-corrected chi connectivity index (χ0v) is 17.4. The number of hydrogen-bond acceptors (Lipinski definition) is 1. The first-order valence-electron chi connectivity index (χ1n) is 6.05. The van der Waals surface area contributed by atoms with Gasteiger partial charge in [0.2, 0.25) is 0 Å². The minimum absolute atomic E-state index is 0. The fourth-order valence-corrected chi connectivity index (χ4v) is 2.49. The van der Waals surface area contributed by atoms with Gasteiger partial charge in [-0.15, -0.1) is 0 Å². The minimum atomic E-state index is 0. The van der Waals surface area contributed by atoms with Crippen LogP contribution < -0.4 is 48.0 Å². The number of quaternary nitrogens is 2. The van der Waals surface area contributed by atoms with Crippen molar-refractivity contribution in [2.24, 2.45) is 0 Å². The van der Waals surface area contributed by atoms with Crippen LogP contribution in [0.15, 0.2) is 0 Å². The fraction of sp³-hybridized carbons (Fsp3) is 1.00. The molecule has 0 radical (unpaired) electrons. The first-order chi connectivity index (χ1) is 6.83. The zero-order valence-electron chi connectivity index (χ0n) is 12.3. The molecule has 0 saturated heterocycles. The van der Waals surface area contributed by atoms with Gasteiger partial charge in [0.1, 0.15) is 0 Å². The maximum absolute atomic E-state index is 2.31. The smallest absolute Gasteiger partial charge is 0.0874 e. The van der Waals surface area contributed by atoms with E-state index >= 15 is 0 Å². The Bertz CT molecular complexity index is 158. The summed E-state index contributed by atoms with van der Waals surface area (Å²) in [5.41, 5.74) is 0. The predicted octanol–water partition coefficient (Wildman–Crippen LogP) is -4.08. The summed E-state index contributed by atoms with van der Waals surface area (Å²) in [4.78, 5) is 0. The Balaban J connectivity index is -0.000000980. The Hall–Kier alpha value is 1.73. The van der Waals surface area contributed by atoms with Gasteiger partial charge in [0, 0.05) is 11.5 Å². The molecule has 0 spiro atoms. The molecular formula is C12H30I2N2S. The highest BCUT2D eigenvalue weighted by molar-refractivity contribution is 7.99. The van der Waals surface area contributed by atoms with Crippen LogP contribution in [0.4, 0.5) is 0 Å². The lowest BCUT2D eigenvalue weighted by atomic mass is 10.5. The predicted molar refractivity (Wildman–Crippen MR) is 72.4 cm³/mol. The molecule has 0 aromatic heterocycles. The largest absolute Gasteiger partial charge is 1.00 e. The van der Waals surface area contributed by atoms with E-state index in [9.17, 15) is 0 Å². The Morgan fingerprint density at radius 3 is 1.24 bits per heavy atom. The van der Waals surface area contributed by atoms with E-state index in [1.807, 2.05) is 0 Å². The third-order valence-corrected chi connectivity index (χ3v) is 4.34. The van der Waals surface area contributed by atoms with E-state index in [0.717, 1.165) is 8.97 Å². The van der Waals surface area contributed by atoms with Crippen molar-refractivity contribution in [3.63, 3.8) is 0 Å². The van der Waals surface area contributed by atoms with Gasteiger partial charge in [-0.05, 0) is 13.8 Å². The summed E-state index contributed by atoms with van der Waals surface area (Å²) in [6.07, 6.45) is 0. The second kappa shape index (κ2) is 11.5. The molecule has 0 fully saturated rings. The topological polar surface area (TPSA) is 0 Å². The zero-order chi connectivity index (χ0) is 11.9. The first-order valence-corrected chi connectivity index (χ1v) is 7.20. The fourth-order valence-electron chi connectivity index (χ4n) is 1.04. The summed E-state index contributed by atoms with van der Waals surface area (Å²) in [7, 11) is 9.25. The van der Waals surface area contributed by atoms with Crippen LogP contribution in [0.25, 0.3) is 0 Å². The van der Waals surface area contributed by atoms with E-state index in [2.05, 4.69) is 53.8 Å². The SMILES string of the molecule is CC[N+](C)(C)CCSCC[N+](C)(C)CC.[I-].[I-]. The summed E-state index contributed by atoms with van der Waals surface area (Å²) in [5, 5.41) is 0. The number of halogens is 2. The van der Waals surface area contributed by atoms with Crippen molar-refractivity contribution in [2.45, 2.75) is 13.8 Å². The molecule has 2 nitrogen and oxygen atoms in total. The standard InChI is InChI=1S/C12H30N2S.2HI/c1-7-13(3,4)9-11-15-12-10-14(5,6)8-2;;/h7-12H2,1-6H3;2*1H/q+2;;/p-2. The van der Waals surface area contributed by atoms with Crippen molar-refractivity contribution in [2.75, 3.05) is 65.9 Å². The second-order valence-corrected chi connectivity index (χ2v) is 6.79. The molecule has 0 aromatic carbocycles. The first kappa shape index (κ1) is 23.8. The molecule has 0 bridgehead atoms. The third kappa shape index (κ3) is 14.0. The molecule has 0 aliphatic rings. The summed E-state index contributed by atoms with van der Waals surface area (Å²) in [6, 6.07) is 0. The van der Waals surface area contributed by atoms with Gasteiger partial charge in [-0.25, -0.2) is 0 Å². The Labute approximate surface area is 147 Å². The van der Waals surface area contributed by atoms with Crippen LogP contribution in [-0.2, 0) is 0 Å². The molecule has 0 atom stereocenters. The molecule has 0 unspecified atom stereocenters. The highest BCUT2D eigenvalue weighted by Crippen LogP contribution is 2.07. The monoisotopic (exact) mass is 488 g/mol.